The maximum atomic E-state index is 12.6. The first-order chi connectivity index (χ1) is 10.8. The summed E-state index contributed by atoms with van der Waals surface area (Å²) < 4.78 is 60.2. The maximum absolute atomic E-state index is 12.6. The molecule has 132 valence electrons. The fraction of sp³-hybridized carbons (Fsp3) is 0.429. The molecule has 1 fully saturated rings. The van der Waals surface area contributed by atoms with Gasteiger partial charge in [-0.1, -0.05) is 12.1 Å². The summed E-state index contributed by atoms with van der Waals surface area (Å²) in [5, 5.41) is 2.40. The molecule has 1 saturated heterocycles. The number of hydrogen-bond acceptors (Lipinski definition) is 4. The third-order valence-electron chi connectivity index (χ3n) is 3.75. The Morgan fingerprint density at radius 1 is 1.17 bits per heavy atom. The zero-order chi connectivity index (χ0) is 18.3. The van der Waals surface area contributed by atoms with E-state index in [1.54, 1.807) is 0 Å². The second-order valence-electron chi connectivity index (χ2n) is 5.72. The van der Waals surface area contributed by atoms with Crippen molar-refractivity contribution in [3.8, 4) is 0 Å². The second-order valence-corrected chi connectivity index (χ2v) is 7.98. The predicted octanol–water partition coefficient (Wildman–Crippen LogP) is 1.52. The summed E-state index contributed by atoms with van der Waals surface area (Å²) in [5.41, 5.74) is -2.24. The van der Waals surface area contributed by atoms with Gasteiger partial charge in [0.1, 0.15) is 15.4 Å². The zero-order valence-electron chi connectivity index (χ0n) is 12.8. The van der Waals surface area contributed by atoms with Crippen molar-refractivity contribution in [2.24, 2.45) is 0 Å². The van der Waals surface area contributed by atoms with E-state index in [2.05, 4.69) is 5.32 Å². The Morgan fingerprint density at radius 2 is 1.71 bits per heavy atom. The molecule has 1 atom stereocenters. The number of nitrogens with zero attached hydrogens (tertiary/aromatic N) is 1. The van der Waals surface area contributed by atoms with Gasteiger partial charge < -0.3 is 5.32 Å². The van der Waals surface area contributed by atoms with Crippen molar-refractivity contribution in [2.75, 3.05) is 18.6 Å². The Balaban J connectivity index is 2.27. The Kier molecular flexibility index (Phi) is 4.38. The van der Waals surface area contributed by atoms with Crippen molar-refractivity contribution in [2.45, 2.75) is 18.6 Å². The van der Waals surface area contributed by atoms with Crippen LogP contribution in [0.4, 0.5) is 18.0 Å². The van der Waals surface area contributed by atoms with Crippen molar-refractivity contribution in [3.05, 3.63) is 35.4 Å². The SMILES string of the molecule is C[C@]1(c2ccc(C(F)(F)F)cc2)NC(=O)N(CCS(C)(=O)=O)C1=O. The van der Waals surface area contributed by atoms with E-state index in [9.17, 15) is 31.2 Å². The smallest absolute Gasteiger partial charge is 0.319 e. The molecule has 24 heavy (non-hydrogen) atoms. The number of hydrogen-bond donors (Lipinski definition) is 1. The van der Waals surface area contributed by atoms with Gasteiger partial charge in [0.05, 0.1) is 11.3 Å². The van der Waals surface area contributed by atoms with Crippen LogP contribution in [0.25, 0.3) is 0 Å². The molecule has 0 spiro atoms. The molecule has 0 radical (unpaired) electrons. The van der Waals surface area contributed by atoms with Crippen LogP contribution in [-0.4, -0.2) is 43.8 Å². The molecule has 0 aromatic heterocycles. The lowest BCUT2D eigenvalue weighted by molar-refractivity contribution is -0.137. The third kappa shape index (κ3) is 3.53. The molecule has 1 N–H and O–H groups in total. The van der Waals surface area contributed by atoms with Crippen molar-refractivity contribution in [1.29, 1.82) is 0 Å². The van der Waals surface area contributed by atoms with Crippen molar-refractivity contribution in [1.82, 2.24) is 10.2 Å². The van der Waals surface area contributed by atoms with Crippen LogP contribution in [0.5, 0.6) is 0 Å². The molecule has 3 amide bonds. The monoisotopic (exact) mass is 364 g/mol. The summed E-state index contributed by atoms with van der Waals surface area (Å²) in [7, 11) is -3.38. The number of alkyl halides is 3. The highest BCUT2D eigenvalue weighted by Crippen LogP contribution is 2.33. The molecule has 0 unspecified atom stereocenters. The number of amides is 3. The Labute approximate surface area is 136 Å². The predicted molar refractivity (Wildman–Crippen MR) is 78.8 cm³/mol. The normalized spacial score (nSPS) is 22.0. The molecule has 0 bridgehead atoms. The van der Waals surface area contributed by atoms with Crippen LogP contribution in [-0.2, 0) is 26.3 Å². The van der Waals surface area contributed by atoms with Crippen LogP contribution < -0.4 is 5.32 Å². The highest BCUT2D eigenvalue weighted by atomic mass is 32.2. The third-order valence-corrected chi connectivity index (χ3v) is 4.67. The maximum Gasteiger partial charge on any atom is 0.416 e. The van der Waals surface area contributed by atoms with Gasteiger partial charge in [-0.3, -0.25) is 9.69 Å². The molecule has 1 aromatic rings. The lowest BCUT2D eigenvalue weighted by Crippen LogP contribution is -2.41. The number of imide groups is 1. The van der Waals surface area contributed by atoms with E-state index in [0.717, 1.165) is 35.4 Å². The first-order valence-electron chi connectivity index (χ1n) is 6.84. The summed E-state index contributed by atoms with van der Waals surface area (Å²) in [5.74, 6) is -1.11. The number of rotatable bonds is 4. The molecule has 1 aliphatic heterocycles. The number of sulfone groups is 1. The minimum absolute atomic E-state index is 0.177. The van der Waals surface area contributed by atoms with Crippen molar-refractivity contribution >= 4 is 21.8 Å². The number of carbonyl (C=O) groups excluding carboxylic acids is 2. The minimum Gasteiger partial charge on any atom is -0.319 e. The second kappa shape index (κ2) is 5.76. The van der Waals surface area contributed by atoms with E-state index in [-0.39, 0.29) is 12.1 Å². The summed E-state index contributed by atoms with van der Waals surface area (Å²) in [6.45, 7) is 1.04. The van der Waals surface area contributed by atoms with Gasteiger partial charge in [0.15, 0.2) is 0 Å². The van der Waals surface area contributed by atoms with Crippen LogP contribution in [0.3, 0.4) is 0 Å². The highest BCUT2D eigenvalue weighted by Gasteiger charge is 2.49. The first kappa shape index (κ1) is 18.2. The number of halogens is 3. The molecule has 2 rings (SSSR count). The van der Waals surface area contributed by atoms with Gasteiger partial charge in [-0.05, 0) is 24.6 Å². The highest BCUT2D eigenvalue weighted by molar-refractivity contribution is 7.90. The average Bonchev–Trinajstić information content (AvgIpc) is 2.66. The lowest BCUT2D eigenvalue weighted by atomic mass is 9.91. The van der Waals surface area contributed by atoms with E-state index in [0.29, 0.717) is 0 Å². The molecular formula is C14H15F3N2O4S. The van der Waals surface area contributed by atoms with Gasteiger partial charge in [-0.25, -0.2) is 13.2 Å². The first-order valence-corrected chi connectivity index (χ1v) is 8.90. The molecule has 1 aromatic carbocycles. The van der Waals surface area contributed by atoms with Crippen LogP contribution in [0.15, 0.2) is 24.3 Å². The molecule has 10 heteroatoms. The van der Waals surface area contributed by atoms with Crippen LogP contribution >= 0.6 is 0 Å². The van der Waals surface area contributed by atoms with Gasteiger partial charge in [-0.15, -0.1) is 0 Å². The van der Waals surface area contributed by atoms with Gasteiger partial charge in [-0.2, -0.15) is 13.2 Å². The fourth-order valence-corrected chi connectivity index (χ4v) is 2.86. The van der Waals surface area contributed by atoms with E-state index < -0.39 is 44.8 Å². The van der Waals surface area contributed by atoms with Crippen LogP contribution in [0.2, 0.25) is 0 Å². The molecule has 1 heterocycles. The molecule has 6 nitrogen and oxygen atoms in total. The Morgan fingerprint density at radius 3 is 2.17 bits per heavy atom. The number of urea groups is 1. The van der Waals surface area contributed by atoms with Crippen LogP contribution in [0.1, 0.15) is 18.1 Å². The molecule has 0 aliphatic carbocycles. The average molecular weight is 364 g/mol. The van der Waals surface area contributed by atoms with Crippen LogP contribution in [0, 0.1) is 0 Å². The summed E-state index contributed by atoms with van der Waals surface area (Å²) in [4.78, 5) is 25.1. The van der Waals surface area contributed by atoms with Gasteiger partial charge >= 0.3 is 12.2 Å². The summed E-state index contributed by atoms with van der Waals surface area (Å²) >= 11 is 0. The zero-order valence-corrected chi connectivity index (χ0v) is 13.7. The Hall–Kier alpha value is -2.10. The summed E-state index contributed by atoms with van der Waals surface area (Å²) in [6.07, 6.45) is -3.54. The molecule has 0 saturated carbocycles. The quantitative estimate of drug-likeness (QED) is 0.821. The summed E-state index contributed by atoms with van der Waals surface area (Å²) in [6, 6.07) is 3.08. The van der Waals surface area contributed by atoms with E-state index in [4.69, 9.17) is 0 Å². The lowest BCUT2D eigenvalue weighted by Gasteiger charge is -2.22. The number of carbonyl (C=O) groups is 2. The van der Waals surface area contributed by atoms with Crippen molar-refractivity contribution in [3.63, 3.8) is 0 Å². The van der Waals surface area contributed by atoms with E-state index in [1.807, 2.05) is 0 Å². The van der Waals surface area contributed by atoms with Gasteiger partial charge in [0.25, 0.3) is 5.91 Å². The number of nitrogens with one attached hydrogen (secondary N) is 1. The number of benzene rings is 1. The van der Waals surface area contributed by atoms with E-state index >= 15 is 0 Å². The molecule has 1 aliphatic rings. The van der Waals surface area contributed by atoms with Gasteiger partial charge in [0, 0.05) is 12.8 Å². The standard InChI is InChI=1S/C14H15F3N2O4S/c1-13(9-3-5-10(6-4-9)14(15,16)17)11(20)19(12(21)18-13)7-8-24(2,22)23/h3-6H,7-8H2,1-2H3,(H,18,21)/t13-/m1/s1. The largest absolute Gasteiger partial charge is 0.416 e. The fourth-order valence-electron chi connectivity index (χ4n) is 2.35. The van der Waals surface area contributed by atoms with E-state index in [1.165, 1.54) is 6.92 Å². The topological polar surface area (TPSA) is 83.6 Å². The Bertz CT molecular complexity index is 774. The minimum atomic E-state index is -4.51. The van der Waals surface area contributed by atoms with Crippen molar-refractivity contribution < 1.29 is 31.2 Å². The van der Waals surface area contributed by atoms with Gasteiger partial charge in [0.2, 0.25) is 0 Å². The molecular weight excluding hydrogens is 349 g/mol.